The minimum atomic E-state index is -4.96. The van der Waals surface area contributed by atoms with Crippen LogP contribution in [-0.4, -0.2) is 96.7 Å². The Morgan fingerprint density at radius 1 is 0.290 bits per heavy atom. The van der Waals surface area contributed by atoms with E-state index in [2.05, 4.69) is 48.5 Å². The van der Waals surface area contributed by atoms with Gasteiger partial charge in [0.25, 0.3) is 0 Å². The number of aliphatic hydroxyl groups is 1. The highest BCUT2D eigenvalue weighted by atomic mass is 31.2. The first-order valence-corrected chi connectivity index (χ1v) is 44.9. The third-order valence-electron chi connectivity index (χ3n) is 19.2. The van der Waals surface area contributed by atoms with E-state index in [1.54, 1.807) is 0 Å². The highest BCUT2D eigenvalue weighted by Crippen LogP contribution is 2.45. The van der Waals surface area contributed by atoms with Crippen LogP contribution in [0.25, 0.3) is 0 Å². The molecule has 0 saturated heterocycles. The van der Waals surface area contributed by atoms with Crippen LogP contribution in [0.5, 0.6) is 0 Å². The van der Waals surface area contributed by atoms with Crippen LogP contribution < -0.4 is 0 Å². The first-order valence-electron chi connectivity index (χ1n) is 41.9. The summed E-state index contributed by atoms with van der Waals surface area (Å²) >= 11 is 0. The lowest BCUT2D eigenvalue weighted by Crippen LogP contribution is -2.30. The van der Waals surface area contributed by atoms with Crippen molar-refractivity contribution in [3.05, 3.63) is 0 Å². The first-order chi connectivity index (χ1) is 48.3. The van der Waals surface area contributed by atoms with Crippen LogP contribution in [-0.2, 0) is 65.4 Å². The molecular formula is C81H158O17P2. The number of carbonyl (C=O) groups is 4. The molecule has 3 N–H and O–H groups in total. The maximum Gasteiger partial charge on any atom is 0.472 e. The minimum Gasteiger partial charge on any atom is -0.462 e. The van der Waals surface area contributed by atoms with Gasteiger partial charge in [0.05, 0.1) is 26.4 Å². The number of unbranched alkanes of at least 4 members (excludes halogenated alkanes) is 46. The van der Waals surface area contributed by atoms with E-state index in [0.29, 0.717) is 25.7 Å². The second-order valence-electron chi connectivity index (χ2n) is 30.4. The summed E-state index contributed by atoms with van der Waals surface area (Å²) < 4.78 is 68.8. The lowest BCUT2D eigenvalue weighted by atomic mass is 9.99. The molecular weight excluding hydrogens is 1310 g/mol. The number of hydrogen-bond donors (Lipinski definition) is 3. The molecule has 17 nitrogen and oxygen atoms in total. The average Bonchev–Trinajstić information content (AvgIpc) is 0.951. The summed E-state index contributed by atoms with van der Waals surface area (Å²) in [6.45, 7) is 12.0. The van der Waals surface area contributed by atoms with E-state index in [9.17, 15) is 43.2 Å². The van der Waals surface area contributed by atoms with Crippen molar-refractivity contribution in [2.45, 2.75) is 439 Å². The lowest BCUT2D eigenvalue weighted by molar-refractivity contribution is -0.161. The van der Waals surface area contributed by atoms with Gasteiger partial charge in [0.15, 0.2) is 12.2 Å². The maximum atomic E-state index is 13.1. The Morgan fingerprint density at radius 3 is 0.760 bits per heavy atom. The minimum absolute atomic E-state index is 0.106. The van der Waals surface area contributed by atoms with Crippen molar-refractivity contribution in [2.24, 2.45) is 17.8 Å². The van der Waals surface area contributed by atoms with Gasteiger partial charge in [0.1, 0.15) is 19.3 Å². The van der Waals surface area contributed by atoms with E-state index in [-0.39, 0.29) is 25.7 Å². The van der Waals surface area contributed by atoms with Gasteiger partial charge in [-0.1, -0.05) is 370 Å². The molecule has 0 amide bonds. The molecule has 0 fully saturated rings. The second kappa shape index (κ2) is 71.3. The fraction of sp³-hybridized carbons (Fsp3) is 0.951. The van der Waals surface area contributed by atoms with E-state index < -0.39 is 97.5 Å². The molecule has 19 heteroatoms. The first kappa shape index (κ1) is 98.1. The zero-order valence-electron chi connectivity index (χ0n) is 65.7. The second-order valence-corrected chi connectivity index (χ2v) is 33.3. The molecule has 0 bridgehead atoms. The molecule has 0 aromatic carbocycles. The number of aliphatic hydroxyl groups excluding tert-OH is 1. The van der Waals surface area contributed by atoms with E-state index in [0.717, 1.165) is 108 Å². The van der Waals surface area contributed by atoms with Gasteiger partial charge in [-0.3, -0.25) is 37.3 Å². The molecule has 0 aromatic heterocycles. The monoisotopic (exact) mass is 1470 g/mol. The Bertz CT molecular complexity index is 1940. The molecule has 3 unspecified atom stereocenters. The van der Waals surface area contributed by atoms with E-state index in [1.807, 2.05) is 0 Å². The predicted octanol–water partition coefficient (Wildman–Crippen LogP) is 24.1. The smallest absolute Gasteiger partial charge is 0.462 e. The molecule has 0 radical (unpaired) electrons. The summed E-state index contributed by atoms with van der Waals surface area (Å²) in [7, 11) is -9.92. The van der Waals surface area contributed by atoms with Crippen LogP contribution in [0.1, 0.15) is 421 Å². The van der Waals surface area contributed by atoms with Gasteiger partial charge in [0, 0.05) is 25.7 Å². The number of carbonyl (C=O) groups excluding carboxylic acids is 4. The molecule has 0 heterocycles. The van der Waals surface area contributed by atoms with E-state index >= 15 is 0 Å². The summed E-state index contributed by atoms with van der Waals surface area (Å²) in [5.74, 6) is 0.228. The Kier molecular flexibility index (Phi) is 69.9. The van der Waals surface area contributed by atoms with Crippen LogP contribution in [0.2, 0.25) is 0 Å². The molecule has 100 heavy (non-hydrogen) atoms. The van der Waals surface area contributed by atoms with Crippen molar-refractivity contribution in [3.8, 4) is 0 Å². The van der Waals surface area contributed by atoms with Crippen molar-refractivity contribution < 1.29 is 80.2 Å². The predicted molar refractivity (Wildman–Crippen MR) is 409 cm³/mol. The van der Waals surface area contributed by atoms with Gasteiger partial charge < -0.3 is 33.8 Å². The van der Waals surface area contributed by atoms with Crippen molar-refractivity contribution >= 4 is 39.5 Å². The zero-order valence-corrected chi connectivity index (χ0v) is 67.5. The Hall–Kier alpha value is -1.94. The van der Waals surface area contributed by atoms with Gasteiger partial charge in [-0.15, -0.1) is 0 Å². The molecule has 6 atom stereocenters. The summed E-state index contributed by atoms with van der Waals surface area (Å²) in [5, 5.41) is 10.6. The Morgan fingerprint density at radius 2 is 0.510 bits per heavy atom. The van der Waals surface area contributed by atoms with Crippen molar-refractivity contribution in [1.82, 2.24) is 0 Å². The third-order valence-corrected chi connectivity index (χ3v) is 21.1. The topological polar surface area (TPSA) is 237 Å². The third kappa shape index (κ3) is 73.0. The number of phosphoric ester groups is 2. The fourth-order valence-corrected chi connectivity index (χ4v) is 14.0. The summed E-state index contributed by atoms with van der Waals surface area (Å²) in [4.78, 5) is 73.1. The number of phosphoric acid groups is 2. The van der Waals surface area contributed by atoms with Crippen molar-refractivity contribution in [1.29, 1.82) is 0 Å². The van der Waals surface area contributed by atoms with Gasteiger partial charge in [-0.2, -0.15) is 0 Å². The van der Waals surface area contributed by atoms with E-state index in [4.69, 9.17) is 37.0 Å². The van der Waals surface area contributed by atoms with Crippen molar-refractivity contribution in [3.63, 3.8) is 0 Å². The van der Waals surface area contributed by atoms with Crippen LogP contribution in [0.4, 0.5) is 0 Å². The van der Waals surface area contributed by atoms with Gasteiger partial charge >= 0.3 is 39.5 Å². The molecule has 594 valence electrons. The highest BCUT2D eigenvalue weighted by molar-refractivity contribution is 7.47. The van der Waals surface area contributed by atoms with Crippen LogP contribution >= 0.6 is 15.6 Å². The van der Waals surface area contributed by atoms with Gasteiger partial charge in [0.2, 0.25) is 0 Å². The molecule has 0 rings (SSSR count). The number of hydrogen-bond acceptors (Lipinski definition) is 15. The van der Waals surface area contributed by atoms with Crippen LogP contribution in [0, 0.1) is 17.8 Å². The quantitative estimate of drug-likeness (QED) is 0.0222. The Labute approximate surface area is 613 Å². The summed E-state index contributed by atoms with van der Waals surface area (Å²) in [5.41, 5.74) is 0. The zero-order chi connectivity index (χ0) is 73.7. The molecule has 0 aliphatic rings. The largest absolute Gasteiger partial charge is 0.472 e. The Balaban J connectivity index is 5.27. The summed E-state index contributed by atoms with van der Waals surface area (Å²) in [6, 6.07) is 0. The van der Waals surface area contributed by atoms with E-state index in [1.165, 1.54) is 231 Å². The fourth-order valence-electron chi connectivity index (χ4n) is 12.5. The number of esters is 4. The number of ether oxygens (including phenoxy) is 4. The SMILES string of the molecule is CCCCCCCCCCCCCCCCCCCCC(=O)O[C@H](COC(=O)CCCCCCCCCCCCCCCC(C)C)COP(=O)(O)OC[C@@H](O)COP(=O)(O)OC[C@@H](COC(=O)CCCCCCCCCCCC(C)C)OC(=O)CCCCCCCCCCCCC(C)CC. The normalized spacial score (nSPS) is 14.2. The van der Waals surface area contributed by atoms with Gasteiger partial charge in [-0.05, 0) is 43.4 Å². The standard InChI is InChI=1S/C81H158O17P2/c1-8-10-11-12-13-14-15-16-17-18-19-20-23-27-35-43-50-57-64-80(85)97-76(68-91-78(83)62-55-48-41-34-26-24-21-22-25-31-38-45-52-59-72(3)4)70-95-99(87,88)93-66-75(82)67-94-100(89,90)96-71-77(69-92-79(84)63-56-49-42-37-30-32-39-46-53-60-73(5)6)98-81(86)65-58-51-44-36-29-28-33-40-47-54-61-74(7)9-2/h72-77,82H,8-71H2,1-7H3,(H,87,88)(H,89,90)/t74?,75-,76-,77-/m1/s1. The average molecular weight is 1470 g/mol. The molecule has 0 aliphatic carbocycles. The van der Waals surface area contributed by atoms with Crippen LogP contribution in [0.3, 0.4) is 0 Å². The maximum absolute atomic E-state index is 13.1. The summed E-state index contributed by atoms with van der Waals surface area (Å²) in [6.07, 6.45) is 59.5. The molecule has 0 aliphatic heterocycles. The molecule has 0 saturated carbocycles. The van der Waals surface area contributed by atoms with Crippen LogP contribution in [0.15, 0.2) is 0 Å². The highest BCUT2D eigenvalue weighted by Gasteiger charge is 2.30. The lowest BCUT2D eigenvalue weighted by Gasteiger charge is -2.21. The molecule has 0 aromatic rings. The number of rotatable bonds is 79. The van der Waals surface area contributed by atoms with Crippen molar-refractivity contribution in [2.75, 3.05) is 39.6 Å². The molecule has 0 spiro atoms. The van der Waals surface area contributed by atoms with Gasteiger partial charge in [-0.25, -0.2) is 9.13 Å².